The van der Waals surface area contributed by atoms with Crippen LogP contribution >= 0.6 is 15.9 Å². The fourth-order valence-corrected chi connectivity index (χ4v) is 2.46. The fourth-order valence-electron chi connectivity index (χ4n) is 2.13. The maximum absolute atomic E-state index is 13.1. The Hall–Kier alpha value is -0.450. The number of nitrogens with zero attached hydrogens (tertiary/aromatic N) is 2. The summed E-state index contributed by atoms with van der Waals surface area (Å²) in [4.78, 5) is 0. The third kappa shape index (κ3) is 3.00. The minimum absolute atomic E-state index is 0.00444. The maximum Gasteiger partial charge on any atom is 0.248 e. The van der Waals surface area contributed by atoms with Gasteiger partial charge in [0.25, 0.3) is 0 Å². The van der Waals surface area contributed by atoms with E-state index >= 15 is 0 Å². The summed E-state index contributed by atoms with van der Waals surface area (Å²) in [6.45, 7) is 0.598. The molecule has 0 saturated heterocycles. The van der Waals surface area contributed by atoms with Crippen LogP contribution in [0, 0.1) is 5.92 Å². The van der Waals surface area contributed by atoms with E-state index in [1.807, 2.05) is 6.20 Å². The van der Waals surface area contributed by atoms with E-state index in [1.54, 1.807) is 10.9 Å². The highest BCUT2D eigenvalue weighted by Gasteiger charge is 2.36. The lowest BCUT2D eigenvalue weighted by Crippen LogP contribution is -2.28. The van der Waals surface area contributed by atoms with Gasteiger partial charge in [0.1, 0.15) is 0 Å². The van der Waals surface area contributed by atoms with Crippen LogP contribution in [0.3, 0.4) is 0 Å². The summed E-state index contributed by atoms with van der Waals surface area (Å²) in [5.41, 5.74) is 0. The van der Waals surface area contributed by atoms with Gasteiger partial charge in [-0.15, -0.1) is 0 Å². The number of aromatic nitrogens is 2. The molecule has 0 bridgehead atoms. The molecule has 1 aliphatic rings. The van der Waals surface area contributed by atoms with Crippen LogP contribution in [-0.4, -0.2) is 15.7 Å². The van der Waals surface area contributed by atoms with Crippen molar-refractivity contribution in [3.05, 3.63) is 16.9 Å². The number of hydrogen-bond acceptors (Lipinski definition) is 1. The first-order valence-electron chi connectivity index (χ1n) is 5.11. The average Bonchev–Trinajstić information content (AvgIpc) is 2.49. The standard InChI is InChI=1S/C10H13BrF2N2/c11-9-5-14-15(7-9)6-8-2-1-3-10(12,13)4-8/h5,7-8H,1-4,6H2. The van der Waals surface area contributed by atoms with Crippen molar-refractivity contribution in [2.45, 2.75) is 38.2 Å². The van der Waals surface area contributed by atoms with Crippen LogP contribution in [0.1, 0.15) is 25.7 Å². The molecular formula is C10H13BrF2N2. The van der Waals surface area contributed by atoms with Gasteiger partial charge >= 0.3 is 0 Å². The minimum atomic E-state index is -2.46. The van der Waals surface area contributed by atoms with Crippen molar-refractivity contribution in [1.29, 1.82) is 0 Å². The Kier molecular flexibility index (Phi) is 3.09. The molecule has 1 aromatic rings. The van der Waals surface area contributed by atoms with Gasteiger partial charge in [0, 0.05) is 25.6 Å². The first-order chi connectivity index (χ1) is 7.05. The Morgan fingerprint density at radius 1 is 1.60 bits per heavy atom. The largest absolute Gasteiger partial charge is 0.271 e. The summed E-state index contributed by atoms with van der Waals surface area (Å²) in [6, 6.07) is 0. The second-order valence-electron chi connectivity index (χ2n) is 4.20. The van der Waals surface area contributed by atoms with Crippen molar-refractivity contribution in [2.75, 3.05) is 0 Å². The zero-order valence-corrected chi connectivity index (χ0v) is 9.88. The molecule has 1 heterocycles. The predicted octanol–water partition coefficient (Wildman–Crippen LogP) is 3.47. The Labute approximate surface area is 95.8 Å². The maximum atomic E-state index is 13.1. The van der Waals surface area contributed by atoms with Gasteiger partial charge in [-0.2, -0.15) is 5.10 Å². The summed E-state index contributed by atoms with van der Waals surface area (Å²) in [5, 5.41) is 4.08. The Bertz CT molecular complexity index is 338. The van der Waals surface area contributed by atoms with Crippen LogP contribution in [0.4, 0.5) is 8.78 Å². The number of hydrogen-bond donors (Lipinski definition) is 0. The van der Waals surface area contributed by atoms with E-state index in [1.165, 1.54) is 0 Å². The van der Waals surface area contributed by atoms with Crippen LogP contribution in [0.2, 0.25) is 0 Å². The van der Waals surface area contributed by atoms with E-state index in [0.29, 0.717) is 13.0 Å². The van der Waals surface area contributed by atoms with Crippen molar-refractivity contribution < 1.29 is 8.78 Å². The van der Waals surface area contributed by atoms with Crippen LogP contribution in [0.15, 0.2) is 16.9 Å². The van der Waals surface area contributed by atoms with E-state index in [0.717, 1.165) is 10.9 Å². The first-order valence-corrected chi connectivity index (χ1v) is 5.90. The molecule has 1 unspecified atom stereocenters. The van der Waals surface area contributed by atoms with E-state index < -0.39 is 5.92 Å². The minimum Gasteiger partial charge on any atom is -0.271 e. The van der Waals surface area contributed by atoms with E-state index in [-0.39, 0.29) is 18.8 Å². The zero-order valence-electron chi connectivity index (χ0n) is 8.30. The first kappa shape index (κ1) is 11.0. The van der Waals surface area contributed by atoms with Gasteiger partial charge in [0.05, 0.1) is 10.7 Å². The van der Waals surface area contributed by atoms with Crippen LogP contribution in [-0.2, 0) is 6.54 Å². The van der Waals surface area contributed by atoms with Gasteiger partial charge in [0.15, 0.2) is 0 Å². The monoisotopic (exact) mass is 278 g/mol. The average molecular weight is 279 g/mol. The van der Waals surface area contributed by atoms with Crippen molar-refractivity contribution >= 4 is 15.9 Å². The topological polar surface area (TPSA) is 17.8 Å². The summed E-state index contributed by atoms with van der Waals surface area (Å²) >= 11 is 3.29. The molecule has 2 nitrogen and oxygen atoms in total. The van der Waals surface area contributed by atoms with Gasteiger partial charge in [0.2, 0.25) is 5.92 Å². The second-order valence-corrected chi connectivity index (χ2v) is 5.11. The highest BCUT2D eigenvalue weighted by atomic mass is 79.9. The van der Waals surface area contributed by atoms with Crippen molar-refractivity contribution in [1.82, 2.24) is 9.78 Å². The van der Waals surface area contributed by atoms with Gasteiger partial charge in [-0.3, -0.25) is 4.68 Å². The molecule has 0 radical (unpaired) electrons. The van der Waals surface area contributed by atoms with Crippen LogP contribution < -0.4 is 0 Å². The number of alkyl halides is 2. The normalized spacial score (nSPS) is 25.4. The Balaban J connectivity index is 1.95. The van der Waals surface area contributed by atoms with Crippen molar-refractivity contribution in [3.8, 4) is 0 Å². The molecule has 1 aromatic heterocycles. The smallest absolute Gasteiger partial charge is 0.248 e. The SMILES string of the molecule is FC1(F)CCCC(Cn2cc(Br)cn2)C1. The molecule has 1 aliphatic carbocycles. The fraction of sp³-hybridized carbons (Fsp3) is 0.700. The Morgan fingerprint density at radius 2 is 2.40 bits per heavy atom. The van der Waals surface area contributed by atoms with E-state index in [4.69, 9.17) is 0 Å². The molecule has 5 heteroatoms. The third-order valence-electron chi connectivity index (χ3n) is 2.79. The lowest BCUT2D eigenvalue weighted by atomic mass is 9.86. The molecule has 0 spiro atoms. The van der Waals surface area contributed by atoms with Gasteiger partial charge in [-0.25, -0.2) is 8.78 Å². The summed E-state index contributed by atoms with van der Waals surface area (Å²) in [7, 11) is 0. The molecule has 2 rings (SSSR count). The third-order valence-corrected chi connectivity index (χ3v) is 3.20. The van der Waals surface area contributed by atoms with Crippen molar-refractivity contribution in [3.63, 3.8) is 0 Å². The molecule has 0 aliphatic heterocycles. The molecule has 0 aromatic carbocycles. The molecule has 1 fully saturated rings. The number of halogens is 3. The van der Waals surface area contributed by atoms with E-state index in [9.17, 15) is 8.78 Å². The molecular weight excluding hydrogens is 266 g/mol. The number of rotatable bonds is 2. The van der Waals surface area contributed by atoms with Crippen LogP contribution in [0.25, 0.3) is 0 Å². The Morgan fingerprint density at radius 3 is 3.00 bits per heavy atom. The van der Waals surface area contributed by atoms with Crippen molar-refractivity contribution in [2.24, 2.45) is 5.92 Å². The van der Waals surface area contributed by atoms with Crippen LogP contribution in [0.5, 0.6) is 0 Å². The molecule has 0 amide bonds. The zero-order chi connectivity index (χ0) is 10.9. The van der Waals surface area contributed by atoms with Gasteiger partial charge < -0.3 is 0 Å². The molecule has 1 saturated carbocycles. The quantitative estimate of drug-likeness (QED) is 0.810. The molecule has 1 atom stereocenters. The highest BCUT2D eigenvalue weighted by Crippen LogP contribution is 2.37. The lowest BCUT2D eigenvalue weighted by molar-refractivity contribution is -0.0551. The summed E-state index contributed by atoms with van der Waals surface area (Å²) in [5.74, 6) is -2.41. The van der Waals surface area contributed by atoms with E-state index in [2.05, 4.69) is 21.0 Å². The molecule has 84 valence electrons. The summed E-state index contributed by atoms with van der Waals surface area (Å²) in [6.07, 6.45) is 5.07. The second kappa shape index (κ2) is 4.20. The predicted molar refractivity (Wildman–Crippen MR) is 56.8 cm³/mol. The van der Waals surface area contributed by atoms with Gasteiger partial charge in [-0.1, -0.05) is 0 Å². The molecule has 15 heavy (non-hydrogen) atoms. The lowest BCUT2D eigenvalue weighted by Gasteiger charge is -2.28. The van der Waals surface area contributed by atoms with Gasteiger partial charge in [-0.05, 0) is 34.7 Å². The summed E-state index contributed by atoms with van der Waals surface area (Å²) < 4.78 is 28.9. The molecule has 0 N–H and O–H groups in total. The highest BCUT2D eigenvalue weighted by molar-refractivity contribution is 9.10.